The third kappa shape index (κ3) is 2.53. The number of benzene rings is 1. The largest absolute Gasteiger partial charge is 0.487 e. The minimum absolute atomic E-state index is 0.437. The number of hydrogen-bond acceptors (Lipinski definition) is 5. The Morgan fingerprint density at radius 1 is 1.05 bits per heavy atom. The molecular weight excluding hydrogens is 252 g/mol. The second kappa shape index (κ2) is 5.54. The molecule has 100 valence electrons. The van der Waals surface area contributed by atoms with Crippen molar-refractivity contribution in [1.29, 1.82) is 0 Å². The first-order valence-corrected chi connectivity index (χ1v) is 6.25. The second-order valence-corrected chi connectivity index (χ2v) is 4.31. The molecular formula is C15H14N4O. The molecule has 5 heteroatoms. The quantitative estimate of drug-likeness (QED) is 0.560. The summed E-state index contributed by atoms with van der Waals surface area (Å²) in [5.41, 5.74) is 4.37. The third-order valence-corrected chi connectivity index (χ3v) is 2.96. The van der Waals surface area contributed by atoms with E-state index in [0.717, 1.165) is 22.2 Å². The lowest BCUT2D eigenvalue weighted by Gasteiger charge is -2.09. The summed E-state index contributed by atoms with van der Waals surface area (Å²) in [6.07, 6.45) is 3.45. The molecule has 20 heavy (non-hydrogen) atoms. The molecule has 0 saturated heterocycles. The number of anilines is 1. The van der Waals surface area contributed by atoms with Crippen LogP contribution in [0.15, 0.2) is 54.9 Å². The Morgan fingerprint density at radius 2 is 1.95 bits per heavy atom. The number of hydrogen-bond donors (Lipinski definition) is 2. The number of ether oxygens (including phenoxy) is 1. The Hall–Kier alpha value is -2.66. The van der Waals surface area contributed by atoms with Crippen molar-refractivity contribution in [1.82, 2.24) is 9.97 Å². The van der Waals surface area contributed by atoms with Gasteiger partial charge in [0.15, 0.2) is 0 Å². The summed E-state index contributed by atoms with van der Waals surface area (Å²) in [6, 6.07) is 13.5. The van der Waals surface area contributed by atoms with Gasteiger partial charge >= 0.3 is 0 Å². The first-order valence-electron chi connectivity index (χ1n) is 6.25. The molecule has 0 aliphatic rings. The van der Waals surface area contributed by atoms with Gasteiger partial charge < -0.3 is 10.2 Å². The maximum absolute atomic E-state index is 5.85. The van der Waals surface area contributed by atoms with Crippen LogP contribution in [-0.4, -0.2) is 9.97 Å². The highest BCUT2D eigenvalue weighted by Gasteiger charge is 2.03. The zero-order chi connectivity index (χ0) is 13.8. The first-order chi connectivity index (χ1) is 9.86. The number of aromatic nitrogens is 2. The predicted molar refractivity (Wildman–Crippen MR) is 78.1 cm³/mol. The maximum atomic E-state index is 5.85. The normalized spacial score (nSPS) is 10.4. The molecule has 3 aromatic rings. The number of hydrazine groups is 1. The van der Waals surface area contributed by atoms with E-state index >= 15 is 0 Å². The van der Waals surface area contributed by atoms with Gasteiger partial charge in [0, 0.05) is 17.8 Å². The molecule has 3 rings (SSSR count). The minimum atomic E-state index is 0.437. The molecule has 0 spiro atoms. The van der Waals surface area contributed by atoms with Crippen LogP contribution < -0.4 is 16.0 Å². The molecule has 0 aliphatic heterocycles. The van der Waals surface area contributed by atoms with Crippen LogP contribution in [0.2, 0.25) is 0 Å². The fourth-order valence-corrected chi connectivity index (χ4v) is 2.00. The van der Waals surface area contributed by atoms with Gasteiger partial charge in [-0.25, -0.2) is 10.8 Å². The van der Waals surface area contributed by atoms with Crippen molar-refractivity contribution in [2.75, 3.05) is 5.43 Å². The highest BCUT2D eigenvalue weighted by atomic mass is 16.5. The van der Waals surface area contributed by atoms with Crippen molar-refractivity contribution >= 4 is 16.7 Å². The fourth-order valence-electron chi connectivity index (χ4n) is 2.00. The van der Waals surface area contributed by atoms with Gasteiger partial charge in [-0.05, 0) is 29.8 Å². The van der Waals surface area contributed by atoms with Gasteiger partial charge in [0.25, 0.3) is 0 Å². The molecule has 1 aromatic carbocycles. The molecule has 0 bridgehead atoms. The van der Waals surface area contributed by atoms with Gasteiger partial charge in [0.1, 0.15) is 23.7 Å². The third-order valence-electron chi connectivity index (χ3n) is 2.96. The lowest BCUT2D eigenvalue weighted by Crippen LogP contribution is -2.09. The SMILES string of the molecule is NNc1cc(COc2cccc3cccnc23)ccn1. The molecule has 0 saturated carbocycles. The fraction of sp³-hybridized carbons (Fsp3) is 0.0667. The Balaban J connectivity index is 1.83. The van der Waals surface area contributed by atoms with Crippen LogP contribution in [0.25, 0.3) is 10.9 Å². The van der Waals surface area contributed by atoms with Crippen molar-refractivity contribution in [3.05, 3.63) is 60.4 Å². The Kier molecular flexibility index (Phi) is 3.43. The molecule has 0 fully saturated rings. The molecule has 0 radical (unpaired) electrons. The Bertz CT molecular complexity index is 724. The first kappa shape index (κ1) is 12.4. The van der Waals surface area contributed by atoms with Crippen LogP contribution in [0.5, 0.6) is 5.75 Å². The van der Waals surface area contributed by atoms with E-state index in [1.807, 2.05) is 42.5 Å². The second-order valence-electron chi connectivity index (χ2n) is 4.31. The molecule has 3 N–H and O–H groups in total. The van der Waals surface area contributed by atoms with Gasteiger partial charge in [-0.2, -0.15) is 0 Å². The molecule has 0 aliphatic carbocycles. The minimum Gasteiger partial charge on any atom is -0.487 e. The van der Waals surface area contributed by atoms with Crippen molar-refractivity contribution in [3.63, 3.8) is 0 Å². The number of rotatable bonds is 4. The average molecular weight is 266 g/mol. The topological polar surface area (TPSA) is 73.1 Å². The predicted octanol–water partition coefficient (Wildman–Crippen LogP) is 2.49. The van der Waals surface area contributed by atoms with Gasteiger partial charge in [-0.15, -0.1) is 0 Å². The molecule has 0 unspecified atom stereocenters. The lowest BCUT2D eigenvalue weighted by molar-refractivity contribution is 0.309. The van der Waals surface area contributed by atoms with E-state index in [1.54, 1.807) is 12.4 Å². The lowest BCUT2D eigenvalue weighted by atomic mass is 10.2. The van der Waals surface area contributed by atoms with E-state index < -0.39 is 0 Å². The number of nitrogens with one attached hydrogen (secondary N) is 1. The van der Waals surface area contributed by atoms with E-state index in [9.17, 15) is 0 Å². The number of nitrogen functional groups attached to an aromatic ring is 1. The summed E-state index contributed by atoms with van der Waals surface area (Å²) >= 11 is 0. The van der Waals surface area contributed by atoms with E-state index in [-0.39, 0.29) is 0 Å². The Labute approximate surface area is 116 Å². The number of nitrogens with zero attached hydrogens (tertiary/aromatic N) is 2. The summed E-state index contributed by atoms with van der Waals surface area (Å²) in [4.78, 5) is 8.42. The van der Waals surface area contributed by atoms with Crippen molar-refractivity contribution in [2.45, 2.75) is 6.61 Å². The zero-order valence-electron chi connectivity index (χ0n) is 10.8. The molecule has 0 amide bonds. The van der Waals surface area contributed by atoms with Crippen LogP contribution in [-0.2, 0) is 6.61 Å². The van der Waals surface area contributed by atoms with Crippen molar-refractivity contribution < 1.29 is 4.74 Å². The highest BCUT2D eigenvalue weighted by molar-refractivity contribution is 5.84. The van der Waals surface area contributed by atoms with Crippen molar-refractivity contribution in [2.24, 2.45) is 5.84 Å². The zero-order valence-corrected chi connectivity index (χ0v) is 10.8. The number of nitrogens with two attached hydrogens (primary N) is 1. The number of para-hydroxylation sites is 1. The van der Waals surface area contributed by atoms with Gasteiger partial charge in [-0.1, -0.05) is 18.2 Å². The van der Waals surface area contributed by atoms with Crippen LogP contribution in [0, 0.1) is 0 Å². The molecule has 2 aromatic heterocycles. The molecule has 0 atom stereocenters. The van der Waals surface area contributed by atoms with E-state index in [4.69, 9.17) is 10.6 Å². The summed E-state index contributed by atoms with van der Waals surface area (Å²) in [7, 11) is 0. The van der Waals surface area contributed by atoms with E-state index in [2.05, 4.69) is 15.4 Å². The van der Waals surface area contributed by atoms with Gasteiger partial charge in [0.05, 0.1) is 0 Å². The molecule has 5 nitrogen and oxygen atoms in total. The highest BCUT2D eigenvalue weighted by Crippen LogP contribution is 2.23. The van der Waals surface area contributed by atoms with E-state index in [1.165, 1.54) is 0 Å². The summed E-state index contributed by atoms with van der Waals surface area (Å²) in [6.45, 7) is 0.437. The summed E-state index contributed by atoms with van der Waals surface area (Å²) in [5, 5.41) is 1.06. The van der Waals surface area contributed by atoms with Gasteiger partial charge in [0.2, 0.25) is 0 Å². The monoisotopic (exact) mass is 266 g/mol. The van der Waals surface area contributed by atoms with Crippen LogP contribution >= 0.6 is 0 Å². The summed E-state index contributed by atoms with van der Waals surface area (Å²) in [5.74, 6) is 6.72. The molecule has 2 heterocycles. The Morgan fingerprint density at radius 3 is 2.85 bits per heavy atom. The summed E-state index contributed by atoms with van der Waals surface area (Å²) < 4.78 is 5.85. The smallest absolute Gasteiger partial charge is 0.146 e. The number of fused-ring (bicyclic) bond motifs is 1. The van der Waals surface area contributed by atoms with Crippen molar-refractivity contribution in [3.8, 4) is 5.75 Å². The van der Waals surface area contributed by atoms with E-state index in [0.29, 0.717) is 12.4 Å². The van der Waals surface area contributed by atoms with Crippen LogP contribution in [0.3, 0.4) is 0 Å². The standard InChI is InChI=1S/C15H14N4O/c16-19-14-9-11(6-8-17-14)10-20-13-5-1-3-12-4-2-7-18-15(12)13/h1-9H,10,16H2,(H,17,19). The van der Waals surface area contributed by atoms with Crippen LogP contribution in [0.1, 0.15) is 5.56 Å². The maximum Gasteiger partial charge on any atom is 0.146 e. The number of pyridine rings is 2. The average Bonchev–Trinajstić information content (AvgIpc) is 2.53. The van der Waals surface area contributed by atoms with Crippen LogP contribution in [0.4, 0.5) is 5.82 Å². The van der Waals surface area contributed by atoms with Gasteiger partial charge in [-0.3, -0.25) is 4.98 Å².